The summed E-state index contributed by atoms with van der Waals surface area (Å²) in [6.45, 7) is 5.16. The van der Waals surface area contributed by atoms with Gasteiger partial charge in [-0.05, 0) is 38.6 Å². The van der Waals surface area contributed by atoms with Gasteiger partial charge in [0.1, 0.15) is 5.82 Å². The second-order valence-electron chi connectivity index (χ2n) is 6.67. The maximum Gasteiger partial charge on any atom is 0.251 e. The molecular weight excluding hydrogens is 346 g/mol. The molecule has 0 aliphatic carbocycles. The molecule has 4 nitrogen and oxygen atoms in total. The van der Waals surface area contributed by atoms with Crippen LogP contribution in [-0.2, 0) is 6.54 Å². The van der Waals surface area contributed by atoms with Crippen molar-refractivity contribution < 1.29 is 0 Å². The summed E-state index contributed by atoms with van der Waals surface area (Å²) >= 11 is 6.26. The van der Waals surface area contributed by atoms with Crippen molar-refractivity contribution in [2.75, 3.05) is 7.05 Å². The van der Waals surface area contributed by atoms with E-state index in [1.54, 1.807) is 6.07 Å². The van der Waals surface area contributed by atoms with E-state index in [1.165, 1.54) is 11.6 Å². The summed E-state index contributed by atoms with van der Waals surface area (Å²) in [5.74, 6) is 0.543. The van der Waals surface area contributed by atoms with Crippen LogP contribution in [0.2, 0.25) is 5.02 Å². The van der Waals surface area contributed by atoms with Crippen LogP contribution >= 0.6 is 11.6 Å². The van der Waals surface area contributed by atoms with Crippen LogP contribution in [0.5, 0.6) is 0 Å². The lowest BCUT2D eigenvalue weighted by molar-refractivity contribution is 0.266. The van der Waals surface area contributed by atoms with Gasteiger partial charge >= 0.3 is 0 Å². The molecule has 134 valence electrons. The Morgan fingerprint density at radius 3 is 2.62 bits per heavy atom. The zero-order chi connectivity index (χ0) is 18.7. The summed E-state index contributed by atoms with van der Waals surface area (Å²) in [5.41, 5.74) is 3.17. The molecule has 0 spiro atoms. The van der Waals surface area contributed by atoms with Gasteiger partial charge < -0.3 is 4.98 Å². The Morgan fingerprint density at radius 2 is 1.88 bits per heavy atom. The van der Waals surface area contributed by atoms with Gasteiger partial charge in [0.05, 0.1) is 5.69 Å². The van der Waals surface area contributed by atoms with Gasteiger partial charge in [-0.3, -0.25) is 9.69 Å². The van der Waals surface area contributed by atoms with Crippen LogP contribution < -0.4 is 5.56 Å². The predicted molar refractivity (Wildman–Crippen MR) is 107 cm³/mol. The highest BCUT2D eigenvalue weighted by atomic mass is 35.5. The Hall–Kier alpha value is -2.43. The number of hydrogen-bond donors (Lipinski definition) is 1. The van der Waals surface area contributed by atoms with Crippen LogP contribution in [0, 0.1) is 0 Å². The molecule has 0 saturated carbocycles. The van der Waals surface area contributed by atoms with E-state index in [2.05, 4.69) is 47.9 Å². The zero-order valence-electron chi connectivity index (χ0n) is 15.2. The molecule has 0 aliphatic heterocycles. The lowest BCUT2D eigenvalue weighted by atomic mass is 10.1. The third-order valence-corrected chi connectivity index (χ3v) is 4.74. The molecule has 1 aromatic heterocycles. The minimum absolute atomic E-state index is 0.199. The average molecular weight is 368 g/mol. The van der Waals surface area contributed by atoms with Gasteiger partial charge in [0.2, 0.25) is 0 Å². The van der Waals surface area contributed by atoms with Crippen LogP contribution in [0.4, 0.5) is 0 Å². The largest absolute Gasteiger partial charge is 0.306 e. The Morgan fingerprint density at radius 1 is 1.12 bits per heavy atom. The highest BCUT2D eigenvalue weighted by molar-refractivity contribution is 6.33. The van der Waals surface area contributed by atoms with Crippen molar-refractivity contribution in [1.82, 2.24) is 14.9 Å². The van der Waals surface area contributed by atoms with Crippen molar-refractivity contribution >= 4 is 11.6 Å². The van der Waals surface area contributed by atoms with Gasteiger partial charge in [-0.1, -0.05) is 48.0 Å². The molecule has 0 unspecified atom stereocenters. The number of halogens is 1. The molecule has 0 saturated heterocycles. The Kier molecular flexibility index (Phi) is 5.55. The summed E-state index contributed by atoms with van der Waals surface area (Å²) in [5, 5.41) is 0.573. The number of benzene rings is 2. The Labute approximate surface area is 158 Å². The summed E-state index contributed by atoms with van der Waals surface area (Å²) in [4.78, 5) is 21.9. The average Bonchev–Trinajstić information content (AvgIpc) is 2.61. The molecule has 5 heteroatoms. The monoisotopic (exact) mass is 367 g/mol. The van der Waals surface area contributed by atoms with E-state index in [1.807, 2.05) is 30.3 Å². The molecule has 3 aromatic rings. The summed E-state index contributed by atoms with van der Waals surface area (Å²) < 4.78 is 0. The van der Waals surface area contributed by atoms with Gasteiger partial charge in [0.25, 0.3) is 5.56 Å². The standard InChI is InChI=1S/C21H22ClN3O/c1-14(2)25(3)13-15-7-6-8-16(11-15)21-23-19(12-20(26)24-21)17-9-4-5-10-18(17)22/h4-12,14H,13H2,1-3H3,(H,23,24,26). The lowest BCUT2D eigenvalue weighted by Crippen LogP contribution is -2.25. The van der Waals surface area contributed by atoms with E-state index < -0.39 is 0 Å². The third kappa shape index (κ3) is 4.21. The fraction of sp³-hybridized carbons (Fsp3) is 0.238. The highest BCUT2D eigenvalue weighted by Gasteiger charge is 2.10. The van der Waals surface area contributed by atoms with Crippen LogP contribution in [0.15, 0.2) is 59.4 Å². The number of rotatable bonds is 5. The van der Waals surface area contributed by atoms with E-state index in [-0.39, 0.29) is 5.56 Å². The van der Waals surface area contributed by atoms with E-state index in [0.29, 0.717) is 22.6 Å². The van der Waals surface area contributed by atoms with E-state index >= 15 is 0 Å². The molecule has 0 aliphatic rings. The Bertz CT molecular complexity index is 965. The number of nitrogens with zero attached hydrogens (tertiary/aromatic N) is 2. The molecule has 2 aromatic carbocycles. The van der Waals surface area contributed by atoms with Gasteiger partial charge in [0.15, 0.2) is 0 Å². The zero-order valence-corrected chi connectivity index (χ0v) is 15.9. The molecule has 1 heterocycles. The molecular formula is C21H22ClN3O. The molecule has 0 amide bonds. The maximum atomic E-state index is 12.2. The van der Waals surface area contributed by atoms with Crippen molar-refractivity contribution in [2.45, 2.75) is 26.4 Å². The summed E-state index contributed by atoms with van der Waals surface area (Å²) in [6.07, 6.45) is 0. The first kappa shape index (κ1) is 18.4. The first-order valence-electron chi connectivity index (χ1n) is 8.60. The van der Waals surface area contributed by atoms with Crippen LogP contribution in [0.25, 0.3) is 22.6 Å². The molecule has 1 N–H and O–H groups in total. The van der Waals surface area contributed by atoms with Gasteiger partial charge in [0, 0.05) is 34.8 Å². The molecule has 0 radical (unpaired) electrons. The van der Waals surface area contributed by atoms with E-state index in [0.717, 1.165) is 17.7 Å². The number of nitrogens with one attached hydrogen (secondary N) is 1. The molecule has 0 bridgehead atoms. The van der Waals surface area contributed by atoms with Crippen LogP contribution in [0.1, 0.15) is 19.4 Å². The first-order valence-corrected chi connectivity index (χ1v) is 8.97. The highest BCUT2D eigenvalue weighted by Crippen LogP contribution is 2.26. The summed E-state index contributed by atoms with van der Waals surface area (Å²) in [6, 6.07) is 17.4. The van der Waals surface area contributed by atoms with Crippen molar-refractivity contribution in [1.29, 1.82) is 0 Å². The van der Waals surface area contributed by atoms with Crippen molar-refractivity contribution in [3.63, 3.8) is 0 Å². The minimum atomic E-state index is -0.199. The molecule has 0 atom stereocenters. The summed E-state index contributed by atoms with van der Waals surface area (Å²) in [7, 11) is 2.09. The van der Waals surface area contributed by atoms with Gasteiger partial charge in [-0.15, -0.1) is 0 Å². The lowest BCUT2D eigenvalue weighted by Gasteiger charge is -2.21. The van der Waals surface area contributed by atoms with Gasteiger partial charge in [-0.2, -0.15) is 0 Å². The Balaban J connectivity index is 2.00. The predicted octanol–water partition coefficient (Wildman–Crippen LogP) is 4.60. The fourth-order valence-electron chi connectivity index (χ4n) is 2.69. The van der Waals surface area contributed by atoms with Crippen molar-refractivity contribution in [2.24, 2.45) is 0 Å². The second-order valence-corrected chi connectivity index (χ2v) is 7.08. The van der Waals surface area contributed by atoms with E-state index in [9.17, 15) is 4.79 Å². The second kappa shape index (κ2) is 7.85. The van der Waals surface area contributed by atoms with E-state index in [4.69, 9.17) is 11.6 Å². The first-order chi connectivity index (χ1) is 12.4. The normalized spacial score (nSPS) is 11.3. The van der Waals surface area contributed by atoms with Crippen molar-refractivity contribution in [3.8, 4) is 22.6 Å². The van der Waals surface area contributed by atoms with Crippen LogP contribution in [0.3, 0.4) is 0 Å². The quantitative estimate of drug-likeness (QED) is 0.717. The topological polar surface area (TPSA) is 49.0 Å². The number of H-pyrrole nitrogens is 1. The third-order valence-electron chi connectivity index (χ3n) is 4.41. The number of hydrogen-bond acceptors (Lipinski definition) is 3. The van der Waals surface area contributed by atoms with Crippen molar-refractivity contribution in [3.05, 3.63) is 75.5 Å². The molecule has 3 rings (SSSR count). The fourth-order valence-corrected chi connectivity index (χ4v) is 2.92. The SMILES string of the molecule is CC(C)N(C)Cc1cccc(-c2nc(-c3ccccc3Cl)cc(=O)[nH]2)c1. The maximum absolute atomic E-state index is 12.2. The number of aromatic amines is 1. The van der Waals surface area contributed by atoms with Crippen LogP contribution in [-0.4, -0.2) is 28.0 Å². The molecule has 0 fully saturated rings. The minimum Gasteiger partial charge on any atom is -0.306 e. The smallest absolute Gasteiger partial charge is 0.251 e. The van der Waals surface area contributed by atoms with Gasteiger partial charge in [-0.25, -0.2) is 4.98 Å². The number of aromatic nitrogens is 2. The molecule has 26 heavy (non-hydrogen) atoms.